The standard InChI is InChI=1S/C32H30N7O6S/c1-4-44-25-16-14-24(15-17-25)39-31(43)26(18-28(41)34-23-12-10-22(11-13-23)33-20(2)40)38(32(39)46)19-27-30(45-36-37(27)3)35-29(42)21-8-6-5-7-9-21/h5-17,26H,4,18-19H2,1-3H3,(H,35,42)/q-1/p+1. The number of carbonyl (C=O) groups is 3. The van der Waals surface area contributed by atoms with Crippen molar-refractivity contribution in [2.24, 2.45) is 12.0 Å². The number of rotatable bonds is 11. The molecule has 3 amide bonds. The van der Waals surface area contributed by atoms with Gasteiger partial charge >= 0.3 is 5.88 Å². The van der Waals surface area contributed by atoms with Gasteiger partial charge in [-0.1, -0.05) is 30.3 Å². The van der Waals surface area contributed by atoms with Crippen LogP contribution in [0.15, 0.2) is 88.4 Å². The second-order valence-electron chi connectivity index (χ2n) is 10.3. The second-order valence-corrected chi connectivity index (χ2v) is 10.6. The maximum atomic E-state index is 14.0. The molecule has 0 saturated carbocycles. The van der Waals surface area contributed by atoms with Gasteiger partial charge in [0.25, 0.3) is 11.6 Å². The molecule has 0 bridgehead atoms. The minimum atomic E-state index is -1.01. The van der Waals surface area contributed by atoms with E-state index in [1.54, 1.807) is 90.8 Å². The zero-order valence-electron chi connectivity index (χ0n) is 25.3. The molecule has 1 aliphatic rings. The van der Waals surface area contributed by atoms with E-state index in [1.165, 1.54) is 16.5 Å². The molecule has 5 rings (SSSR count). The lowest BCUT2D eigenvalue weighted by Crippen LogP contribution is -2.42. The summed E-state index contributed by atoms with van der Waals surface area (Å²) >= 11 is 5.81. The van der Waals surface area contributed by atoms with E-state index < -0.39 is 23.8 Å². The first-order valence-electron chi connectivity index (χ1n) is 14.4. The van der Waals surface area contributed by atoms with E-state index in [0.717, 1.165) is 0 Å². The number of ether oxygens (including phenoxy) is 1. The van der Waals surface area contributed by atoms with Crippen molar-refractivity contribution in [1.82, 2.24) is 10.2 Å². The molecule has 14 heteroatoms. The average Bonchev–Trinajstić information content (AvgIpc) is 3.49. The molecule has 3 aromatic carbocycles. The van der Waals surface area contributed by atoms with Crippen molar-refractivity contribution in [3.05, 3.63) is 90.1 Å². The van der Waals surface area contributed by atoms with Gasteiger partial charge in [0.05, 0.1) is 18.7 Å². The summed E-state index contributed by atoms with van der Waals surface area (Å²) in [5.74, 6) is -1.02. The lowest BCUT2D eigenvalue weighted by Gasteiger charge is -2.22. The minimum absolute atomic E-state index is 0.0393. The third-order valence-corrected chi connectivity index (χ3v) is 7.44. The third kappa shape index (κ3) is 7.18. The number of nitrogens with zero attached hydrogens (tertiary/aromatic N) is 5. The number of hydrogen-bond donors (Lipinski definition) is 2. The fourth-order valence-electron chi connectivity index (χ4n) is 4.83. The molecule has 46 heavy (non-hydrogen) atoms. The Bertz CT molecular complexity index is 1770. The van der Waals surface area contributed by atoms with E-state index in [-0.39, 0.29) is 29.9 Å². The topological polar surface area (TPSA) is 156 Å². The van der Waals surface area contributed by atoms with Crippen LogP contribution in [0, 0.1) is 0 Å². The van der Waals surface area contributed by atoms with Crippen molar-refractivity contribution >= 4 is 63.9 Å². The maximum Gasteiger partial charge on any atom is 0.325 e. The quantitative estimate of drug-likeness (QED) is 0.109. The highest BCUT2D eigenvalue weighted by atomic mass is 32.1. The molecule has 1 aromatic heterocycles. The molecule has 1 atom stereocenters. The van der Waals surface area contributed by atoms with Gasteiger partial charge in [-0.05, 0) is 83.8 Å². The number of hydrogen-bond acceptors (Lipinski definition) is 9. The molecule has 0 aliphatic carbocycles. The number of benzene rings is 3. The van der Waals surface area contributed by atoms with Crippen molar-refractivity contribution in [1.29, 1.82) is 0 Å². The predicted octanol–water partition coefficient (Wildman–Crippen LogP) is 2.83. The van der Waals surface area contributed by atoms with Gasteiger partial charge in [0.15, 0.2) is 12.2 Å². The maximum absolute atomic E-state index is 14.0. The van der Waals surface area contributed by atoms with E-state index in [9.17, 15) is 19.5 Å². The zero-order valence-corrected chi connectivity index (χ0v) is 26.1. The van der Waals surface area contributed by atoms with Gasteiger partial charge in [-0.15, -0.1) is 0 Å². The van der Waals surface area contributed by atoms with Gasteiger partial charge in [0.2, 0.25) is 17.1 Å². The van der Waals surface area contributed by atoms with E-state index in [4.69, 9.17) is 21.5 Å². The van der Waals surface area contributed by atoms with Gasteiger partial charge in [0, 0.05) is 18.3 Å². The molecule has 2 heterocycles. The molecule has 2 N–H and O–H groups in total. The Kier molecular flexibility index (Phi) is 9.67. The van der Waals surface area contributed by atoms with Crippen LogP contribution in [-0.2, 0) is 28.0 Å². The van der Waals surface area contributed by atoms with Crippen LogP contribution in [-0.4, -0.2) is 51.6 Å². The Morgan fingerprint density at radius 1 is 1.04 bits per heavy atom. The summed E-state index contributed by atoms with van der Waals surface area (Å²) in [7, 11) is 1.61. The van der Waals surface area contributed by atoms with Gasteiger partial charge in [-0.3, -0.25) is 23.8 Å². The SMILES string of the molecule is CCOc1ccc(N2C(=O)C(CC(=O)Nc3ccc(NC(C)=O)cc3)N(Cc3c(/N=C(\[O-])c4ccccc4)on[n+]3C)C2=S)cc1. The Morgan fingerprint density at radius 3 is 2.33 bits per heavy atom. The highest BCUT2D eigenvalue weighted by Crippen LogP contribution is 2.31. The van der Waals surface area contributed by atoms with Crippen LogP contribution in [0.5, 0.6) is 5.75 Å². The largest absolute Gasteiger partial charge is 0.858 e. The Morgan fingerprint density at radius 2 is 1.70 bits per heavy atom. The van der Waals surface area contributed by atoms with Gasteiger partial charge in [-0.2, -0.15) is 0 Å². The summed E-state index contributed by atoms with van der Waals surface area (Å²) in [5, 5.41) is 22.4. The third-order valence-electron chi connectivity index (χ3n) is 7.02. The van der Waals surface area contributed by atoms with E-state index in [1.807, 2.05) is 6.92 Å². The summed E-state index contributed by atoms with van der Waals surface area (Å²) in [6.45, 7) is 3.72. The molecule has 4 aromatic rings. The van der Waals surface area contributed by atoms with Crippen molar-refractivity contribution in [3.8, 4) is 5.75 Å². The molecule has 1 aliphatic heterocycles. The van der Waals surface area contributed by atoms with Crippen molar-refractivity contribution in [2.75, 3.05) is 22.1 Å². The monoisotopic (exact) mass is 641 g/mol. The molecule has 1 fully saturated rings. The highest BCUT2D eigenvalue weighted by Gasteiger charge is 2.46. The van der Waals surface area contributed by atoms with Crippen LogP contribution in [0.4, 0.5) is 22.9 Å². The van der Waals surface area contributed by atoms with Gasteiger partial charge < -0.3 is 25.4 Å². The van der Waals surface area contributed by atoms with Crippen LogP contribution in [0.2, 0.25) is 0 Å². The van der Waals surface area contributed by atoms with E-state index in [2.05, 4.69) is 20.9 Å². The normalized spacial score (nSPS) is 14.8. The van der Waals surface area contributed by atoms with Crippen LogP contribution in [0.1, 0.15) is 31.5 Å². The molecule has 1 unspecified atom stereocenters. The lowest BCUT2D eigenvalue weighted by molar-refractivity contribution is -0.746. The smallest absolute Gasteiger partial charge is 0.325 e. The van der Waals surface area contributed by atoms with Crippen molar-refractivity contribution < 1.29 is 33.4 Å². The number of nitrogens with one attached hydrogen (secondary N) is 2. The van der Waals surface area contributed by atoms with Crippen LogP contribution in [0.3, 0.4) is 0 Å². The molecule has 0 radical (unpaired) electrons. The number of aliphatic imine (C=N–C) groups is 1. The zero-order chi connectivity index (χ0) is 32.8. The number of thiocarbonyl (C=S) groups is 1. The number of anilines is 3. The van der Waals surface area contributed by atoms with Crippen LogP contribution >= 0.6 is 12.2 Å². The summed E-state index contributed by atoms with van der Waals surface area (Å²) in [6.07, 6.45) is -0.246. The predicted molar refractivity (Wildman–Crippen MR) is 171 cm³/mol. The Balaban J connectivity index is 1.43. The minimum Gasteiger partial charge on any atom is -0.858 e. The molecule has 1 saturated heterocycles. The van der Waals surface area contributed by atoms with Crippen LogP contribution in [0.25, 0.3) is 0 Å². The number of aromatic nitrogens is 2. The van der Waals surface area contributed by atoms with Gasteiger partial charge in [-0.25, -0.2) is 4.99 Å². The van der Waals surface area contributed by atoms with E-state index in [0.29, 0.717) is 40.7 Å². The number of amides is 3. The fourth-order valence-corrected chi connectivity index (χ4v) is 5.22. The fraction of sp³-hybridized carbons (Fsp3) is 0.219. The number of aryl methyl sites for hydroxylation is 1. The molecular formula is C32H31N7O6S. The lowest BCUT2D eigenvalue weighted by atomic mass is 10.1. The van der Waals surface area contributed by atoms with Gasteiger partial charge in [0.1, 0.15) is 18.3 Å². The van der Waals surface area contributed by atoms with Crippen molar-refractivity contribution in [3.63, 3.8) is 0 Å². The highest BCUT2D eigenvalue weighted by molar-refractivity contribution is 7.80. The first kappa shape index (κ1) is 31.8. The Hall–Kier alpha value is -5.63. The van der Waals surface area contributed by atoms with Crippen LogP contribution < -0.4 is 30.1 Å². The molecule has 0 spiro atoms. The summed E-state index contributed by atoms with van der Waals surface area (Å²) in [6, 6.07) is 21.0. The summed E-state index contributed by atoms with van der Waals surface area (Å²) < 4.78 is 12.3. The summed E-state index contributed by atoms with van der Waals surface area (Å²) in [4.78, 5) is 45.7. The first-order chi connectivity index (χ1) is 22.1. The Labute approximate surface area is 270 Å². The number of carbonyl (C=O) groups excluding carboxylic acids is 3. The van der Waals surface area contributed by atoms with Crippen molar-refractivity contribution in [2.45, 2.75) is 32.9 Å². The molecular weight excluding hydrogens is 610 g/mol. The summed E-state index contributed by atoms with van der Waals surface area (Å²) in [5.41, 5.74) is 2.28. The second kappa shape index (κ2) is 14.0. The van der Waals surface area contributed by atoms with E-state index >= 15 is 0 Å². The molecule has 13 nitrogen and oxygen atoms in total. The average molecular weight is 642 g/mol. The molecule has 236 valence electrons. The first-order valence-corrected chi connectivity index (χ1v) is 14.8.